The molecule has 0 bridgehead atoms. The largest absolute Gasteiger partial charge is 0.490 e. The third-order valence-corrected chi connectivity index (χ3v) is 5.39. The number of benzene rings is 2. The summed E-state index contributed by atoms with van der Waals surface area (Å²) in [7, 11) is 0. The normalized spacial score (nSPS) is 12.3. The Hall–Kier alpha value is -2.66. The van der Waals surface area contributed by atoms with Gasteiger partial charge in [0.05, 0.1) is 22.7 Å². The van der Waals surface area contributed by atoms with Crippen LogP contribution in [-0.2, 0) is 0 Å². The molecule has 0 aliphatic carbocycles. The first-order valence-corrected chi connectivity index (χ1v) is 11.0. The van der Waals surface area contributed by atoms with Gasteiger partial charge in [-0.25, -0.2) is 4.98 Å². The molecule has 0 radical (unpaired) electrons. The summed E-state index contributed by atoms with van der Waals surface area (Å²) >= 11 is 0. The van der Waals surface area contributed by atoms with Crippen LogP contribution in [0.5, 0.6) is 5.75 Å². The molecule has 0 amide bonds. The van der Waals surface area contributed by atoms with E-state index < -0.39 is 0 Å². The van der Waals surface area contributed by atoms with Crippen LogP contribution in [0.4, 0.5) is 0 Å². The van der Waals surface area contributed by atoms with Crippen LogP contribution in [0.3, 0.4) is 0 Å². The van der Waals surface area contributed by atoms with Crippen LogP contribution in [0.15, 0.2) is 47.3 Å². The molecule has 30 heavy (non-hydrogen) atoms. The van der Waals surface area contributed by atoms with E-state index in [-0.39, 0.29) is 11.7 Å². The fraction of sp³-hybridized carbons (Fsp3) is 0.440. The van der Waals surface area contributed by atoms with Gasteiger partial charge in [0.15, 0.2) is 0 Å². The fourth-order valence-corrected chi connectivity index (χ4v) is 3.62. The highest BCUT2D eigenvalue weighted by molar-refractivity contribution is 5.78. The van der Waals surface area contributed by atoms with Gasteiger partial charge in [0, 0.05) is 0 Å². The Labute approximate surface area is 179 Å². The second-order valence-corrected chi connectivity index (χ2v) is 7.85. The number of aryl methyl sites for hydroxylation is 2. The molecule has 0 aliphatic rings. The Kier molecular flexibility index (Phi) is 7.63. The predicted octanol–water partition coefficient (Wildman–Crippen LogP) is 4.94. The van der Waals surface area contributed by atoms with Crippen LogP contribution in [0.2, 0.25) is 0 Å². The first kappa shape index (κ1) is 22.0. The van der Waals surface area contributed by atoms with E-state index in [9.17, 15) is 4.79 Å². The van der Waals surface area contributed by atoms with Crippen LogP contribution >= 0.6 is 0 Å². The molecule has 0 aliphatic heterocycles. The topological polar surface area (TPSA) is 56.1 Å². The van der Waals surface area contributed by atoms with Crippen molar-refractivity contribution in [2.24, 2.45) is 0 Å². The Morgan fingerprint density at radius 3 is 2.53 bits per heavy atom. The average Bonchev–Trinajstić information content (AvgIpc) is 2.74. The van der Waals surface area contributed by atoms with Crippen molar-refractivity contribution < 1.29 is 4.74 Å². The van der Waals surface area contributed by atoms with E-state index in [2.05, 4.69) is 24.1 Å². The van der Waals surface area contributed by atoms with Crippen molar-refractivity contribution in [3.05, 3.63) is 64.2 Å². The molecule has 5 heteroatoms. The zero-order valence-electron chi connectivity index (χ0n) is 18.6. The van der Waals surface area contributed by atoms with Crippen molar-refractivity contribution in [2.45, 2.75) is 59.5 Å². The van der Waals surface area contributed by atoms with Crippen molar-refractivity contribution in [1.29, 1.82) is 0 Å². The zero-order valence-corrected chi connectivity index (χ0v) is 18.6. The maximum atomic E-state index is 13.1. The average molecular weight is 408 g/mol. The van der Waals surface area contributed by atoms with E-state index in [1.165, 1.54) is 12.8 Å². The van der Waals surface area contributed by atoms with Gasteiger partial charge in [0.25, 0.3) is 5.56 Å². The molecule has 0 fully saturated rings. The number of aromatic nitrogens is 2. The van der Waals surface area contributed by atoms with Crippen molar-refractivity contribution in [3.63, 3.8) is 0 Å². The molecular formula is C25H33N3O2. The molecule has 1 atom stereocenters. The summed E-state index contributed by atoms with van der Waals surface area (Å²) in [4.78, 5) is 17.7. The van der Waals surface area contributed by atoms with Crippen molar-refractivity contribution in [3.8, 4) is 11.4 Å². The van der Waals surface area contributed by atoms with Crippen molar-refractivity contribution >= 4 is 10.9 Å². The third kappa shape index (κ3) is 5.28. The second-order valence-electron chi connectivity index (χ2n) is 7.85. The standard InChI is InChI=1S/C25H33N3O2/c1-5-7-15-26-16-14-21(6-2)30-22-11-9-20(10-12-22)28-19(4)27-24-13-8-18(3)17-23(24)25(28)29/h8-13,17,21,26H,5-7,14-16H2,1-4H3. The van der Waals surface area contributed by atoms with E-state index in [0.717, 1.165) is 48.4 Å². The first-order chi connectivity index (χ1) is 14.5. The van der Waals surface area contributed by atoms with Gasteiger partial charge in [-0.1, -0.05) is 31.9 Å². The predicted molar refractivity (Wildman–Crippen MR) is 124 cm³/mol. The molecule has 3 rings (SSSR count). The zero-order chi connectivity index (χ0) is 21.5. The lowest BCUT2D eigenvalue weighted by Gasteiger charge is -2.18. The molecule has 160 valence electrons. The first-order valence-electron chi connectivity index (χ1n) is 11.0. The van der Waals surface area contributed by atoms with Gasteiger partial charge in [-0.15, -0.1) is 0 Å². The Balaban J connectivity index is 1.75. The number of rotatable bonds is 10. The molecule has 0 saturated carbocycles. The van der Waals surface area contributed by atoms with Crippen LogP contribution in [0.1, 0.15) is 50.9 Å². The van der Waals surface area contributed by atoms with E-state index >= 15 is 0 Å². The van der Waals surface area contributed by atoms with Gasteiger partial charge >= 0.3 is 0 Å². The maximum absolute atomic E-state index is 13.1. The summed E-state index contributed by atoms with van der Waals surface area (Å²) in [5.74, 6) is 1.50. The van der Waals surface area contributed by atoms with E-state index in [0.29, 0.717) is 11.2 Å². The number of hydrogen-bond acceptors (Lipinski definition) is 4. The van der Waals surface area contributed by atoms with Crippen LogP contribution in [0, 0.1) is 13.8 Å². The number of ether oxygens (including phenoxy) is 1. The molecule has 1 unspecified atom stereocenters. The number of unbranched alkanes of at least 4 members (excludes halogenated alkanes) is 1. The van der Waals surface area contributed by atoms with Gasteiger partial charge in [-0.3, -0.25) is 9.36 Å². The van der Waals surface area contributed by atoms with E-state index in [1.807, 2.05) is 56.3 Å². The van der Waals surface area contributed by atoms with Crippen molar-refractivity contribution in [2.75, 3.05) is 13.1 Å². The van der Waals surface area contributed by atoms with Crippen LogP contribution < -0.4 is 15.6 Å². The molecule has 2 aromatic carbocycles. The van der Waals surface area contributed by atoms with Gasteiger partial charge in [0.1, 0.15) is 11.6 Å². The van der Waals surface area contributed by atoms with E-state index in [1.54, 1.807) is 4.57 Å². The molecular weight excluding hydrogens is 374 g/mol. The highest BCUT2D eigenvalue weighted by Crippen LogP contribution is 2.19. The Bertz CT molecular complexity index is 1020. The van der Waals surface area contributed by atoms with Gasteiger partial charge in [-0.05, 0) is 82.6 Å². The van der Waals surface area contributed by atoms with Crippen LogP contribution in [0.25, 0.3) is 16.6 Å². The molecule has 1 heterocycles. The minimum Gasteiger partial charge on any atom is -0.490 e. The lowest BCUT2D eigenvalue weighted by atomic mass is 10.1. The summed E-state index contributed by atoms with van der Waals surface area (Å²) in [6.45, 7) is 10.2. The highest BCUT2D eigenvalue weighted by atomic mass is 16.5. The molecule has 3 aromatic rings. The van der Waals surface area contributed by atoms with Crippen molar-refractivity contribution in [1.82, 2.24) is 14.9 Å². The fourth-order valence-electron chi connectivity index (χ4n) is 3.62. The SMILES string of the molecule is CCCCNCCC(CC)Oc1ccc(-n2c(C)nc3ccc(C)cc3c2=O)cc1. The lowest BCUT2D eigenvalue weighted by Crippen LogP contribution is -2.24. The minimum absolute atomic E-state index is 0.0422. The molecule has 1 aromatic heterocycles. The summed E-state index contributed by atoms with van der Waals surface area (Å²) in [6.07, 6.45) is 4.54. The summed E-state index contributed by atoms with van der Waals surface area (Å²) in [5.41, 5.74) is 2.54. The molecule has 0 spiro atoms. The summed E-state index contributed by atoms with van der Waals surface area (Å²) < 4.78 is 7.83. The minimum atomic E-state index is -0.0422. The summed E-state index contributed by atoms with van der Waals surface area (Å²) in [5, 5.41) is 4.11. The number of fused-ring (bicyclic) bond motifs is 1. The third-order valence-electron chi connectivity index (χ3n) is 5.39. The Morgan fingerprint density at radius 1 is 1.07 bits per heavy atom. The van der Waals surface area contributed by atoms with Gasteiger partial charge in [0.2, 0.25) is 0 Å². The van der Waals surface area contributed by atoms with E-state index in [4.69, 9.17) is 4.74 Å². The quantitative estimate of drug-likeness (QED) is 0.484. The number of nitrogens with one attached hydrogen (secondary N) is 1. The second kappa shape index (κ2) is 10.4. The van der Waals surface area contributed by atoms with Gasteiger partial charge < -0.3 is 10.1 Å². The summed E-state index contributed by atoms with van der Waals surface area (Å²) in [6, 6.07) is 13.5. The smallest absolute Gasteiger partial charge is 0.265 e. The highest BCUT2D eigenvalue weighted by Gasteiger charge is 2.12. The number of nitrogens with zero attached hydrogens (tertiary/aromatic N) is 2. The molecule has 1 N–H and O–H groups in total. The number of hydrogen-bond donors (Lipinski definition) is 1. The molecule has 0 saturated heterocycles. The monoisotopic (exact) mass is 407 g/mol. The molecule has 5 nitrogen and oxygen atoms in total. The lowest BCUT2D eigenvalue weighted by molar-refractivity contribution is 0.186. The van der Waals surface area contributed by atoms with Gasteiger partial charge in [-0.2, -0.15) is 0 Å². The Morgan fingerprint density at radius 2 is 1.83 bits per heavy atom. The van der Waals surface area contributed by atoms with Crippen LogP contribution in [-0.4, -0.2) is 28.7 Å². The maximum Gasteiger partial charge on any atom is 0.265 e.